The molecule has 3 rings (SSSR count). The summed E-state index contributed by atoms with van der Waals surface area (Å²) in [7, 11) is -3.68. The Kier molecular flexibility index (Phi) is 3.45. The Morgan fingerprint density at radius 2 is 2.09 bits per heavy atom. The van der Waals surface area contributed by atoms with Crippen molar-refractivity contribution in [3.8, 4) is 0 Å². The van der Waals surface area contributed by atoms with Crippen molar-refractivity contribution in [1.29, 1.82) is 0 Å². The van der Waals surface area contributed by atoms with Gasteiger partial charge in [-0.05, 0) is 43.7 Å². The Morgan fingerprint density at radius 3 is 2.77 bits per heavy atom. The molecular formula is C16H17ClN2O2S. The predicted octanol–water partition coefficient (Wildman–Crippen LogP) is 3.69. The van der Waals surface area contributed by atoms with Crippen molar-refractivity contribution in [1.82, 2.24) is 8.96 Å². The van der Waals surface area contributed by atoms with Gasteiger partial charge in [0, 0.05) is 28.7 Å². The van der Waals surface area contributed by atoms with Crippen LogP contribution in [0.3, 0.4) is 0 Å². The zero-order chi connectivity index (χ0) is 16.1. The molecule has 0 radical (unpaired) electrons. The highest BCUT2D eigenvalue weighted by Crippen LogP contribution is 2.41. The maximum atomic E-state index is 13.3. The molecule has 2 aromatic heterocycles. The third kappa shape index (κ3) is 1.96. The molecule has 2 aromatic rings. The van der Waals surface area contributed by atoms with Crippen LogP contribution in [0.2, 0.25) is 0 Å². The van der Waals surface area contributed by atoms with Crippen LogP contribution in [0.15, 0.2) is 53.4 Å². The second kappa shape index (κ2) is 4.96. The predicted molar refractivity (Wildman–Crippen MR) is 89.3 cm³/mol. The molecule has 2 heterocycles. The monoisotopic (exact) mass is 336 g/mol. The molecule has 0 aromatic carbocycles. The van der Waals surface area contributed by atoms with Crippen LogP contribution in [0.1, 0.15) is 20.8 Å². The van der Waals surface area contributed by atoms with E-state index in [1.54, 1.807) is 43.6 Å². The summed E-state index contributed by atoms with van der Waals surface area (Å²) in [5.74, 6) is -0.240. The van der Waals surface area contributed by atoms with Crippen molar-refractivity contribution in [3.05, 3.63) is 53.4 Å². The molecule has 0 spiro atoms. The lowest BCUT2D eigenvalue weighted by molar-refractivity contribution is 0.491. The second-order valence-corrected chi connectivity index (χ2v) is 8.44. The molecule has 0 saturated heterocycles. The van der Waals surface area contributed by atoms with E-state index in [4.69, 9.17) is 11.6 Å². The van der Waals surface area contributed by atoms with E-state index in [-0.39, 0.29) is 5.92 Å². The minimum Gasteiger partial charge on any atom is -0.237 e. The third-order valence-electron chi connectivity index (χ3n) is 4.63. The van der Waals surface area contributed by atoms with E-state index in [9.17, 15) is 8.42 Å². The van der Waals surface area contributed by atoms with Gasteiger partial charge in [-0.25, -0.2) is 17.4 Å². The highest BCUT2D eigenvalue weighted by atomic mass is 35.5. The van der Waals surface area contributed by atoms with Crippen LogP contribution in [-0.2, 0) is 10.0 Å². The number of nitrogens with zero attached hydrogens (tertiary/aromatic N) is 2. The molecule has 0 N–H and O–H groups in total. The highest BCUT2D eigenvalue weighted by molar-refractivity contribution is 7.91. The average Bonchev–Trinajstić information content (AvgIpc) is 2.88. The highest BCUT2D eigenvalue weighted by Gasteiger charge is 2.47. The Morgan fingerprint density at radius 1 is 1.36 bits per heavy atom. The normalized spacial score (nSPS) is 25.9. The van der Waals surface area contributed by atoms with Crippen molar-refractivity contribution in [2.45, 2.75) is 25.5 Å². The van der Waals surface area contributed by atoms with Gasteiger partial charge in [0.05, 0.1) is 0 Å². The van der Waals surface area contributed by atoms with E-state index in [1.807, 2.05) is 19.9 Å². The quantitative estimate of drug-likeness (QED) is 0.840. The number of pyridine rings is 1. The fourth-order valence-corrected chi connectivity index (χ4v) is 5.30. The van der Waals surface area contributed by atoms with Crippen LogP contribution < -0.4 is 0 Å². The zero-order valence-corrected chi connectivity index (χ0v) is 14.2. The van der Waals surface area contributed by atoms with Crippen LogP contribution in [0, 0.1) is 5.92 Å². The lowest BCUT2D eigenvalue weighted by Gasteiger charge is -2.37. The molecule has 0 bridgehead atoms. The summed E-state index contributed by atoms with van der Waals surface area (Å²) < 4.78 is 26.9. The van der Waals surface area contributed by atoms with Crippen molar-refractivity contribution in [3.63, 3.8) is 0 Å². The molecule has 2 unspecified atom stereocenters. The average molecular weight is 337 g/mol. The van der Waals surface area contributed by atoms with Gasteiger partial charge < -0.3 is 0 Å². The molecule has 4 nitrogen and oxygen atoms in total. The van der Waals surface area contributed by atoms with Crippen molar-refractivity contribution in [2.24, 2.45) is 5.92 Å². The Hall–Kier alpha value is -1.59. The van der Waals surface area contributed by atoms with E-state index in [2.05, 4.69) is 4.98 Å². The fraction of sp³-hybridized carbons (Fsp3) is 0.312. The number of fused-ring (bicyclic) bond motifs is 1. The first-order valence-corrected chi connectivity index (χ1v) is 8.83. The van der Waals surface area contributed by atoms with Crippen molar-refractivity contribution < 1.29 is 8.42 Å². The first kappa shape index (κ1) is 15.3. The van der Waals surface area contributed by atoms with Gasteiger partial charge in [0.2, 0.25) is 10.0 Å². The maximum absolute atomic E-state index is 13.3. The van der Waals surface area contributed by atoms with Gasteiger partial charge in [-0.15, -0.1) is 0 Å². The minimum absolute atomic E-state index is 0.240. The summed E-state index contributed by atoms with van der Waals surface area (Å²) in [5, 5.41) is 1.38. The first-order valence-electron chi connectivity index (χ1n) is 7.02. The van der Waals surface area contributed by atoms with Crippen molar-refractivity contribution in [2.75, 3.05) is 0 Å². The van der Waals surface area contributed by atoms with E-state index in [0.717, 1.165) is 11.0 Å². The minimum atomic E-state index is -3.68. The molecular weight excluding hydrogens is 320 g/mol. The van der Waals surface area contributed by atoms with Gasteiger partial charge in [0.15, 0.2) is 5.65 Å². The Balaban J connectivity index is 2.24. The SMILES string of the molecule is CC1=CC(Cl)=CC(C)C1(C)S(=O)(=O)n1ccc2cccnc21. The van der Waals surface area contributed by atoms with E-state index in [1.165, 1.54) is 3.97 Å². The van der Waals surface area contributed by atoms with Crippen LogP contribution in [0.4, 0.5) is 0 Å². The smallest absolute Gasteiger partial charge is 0.237 e. The lowest BCUT2D eigenvalue weighted by atomic mass is 9.84. The number of halogens is 1. The number of hydrogen-bond donors (Lipinski definition) is 0. The van der Waals surface area contributed by atoms with Crippen LogP contribution >= 0.6 is 11.6 Å². The van der Waals surface area contributed by atoms with Crippen LogP contribution in [0.25, 0.3) is 11.0 Å². The topological polar surface area (TPSA) is 52.0 Å². The van der Waals surface area contributed by atoms with Crippen LogP contribution in [-0.4, -0.2) is 22.1 Å². The van der Waals surface area contributed by atoms with E-state index >= 15 is 0 Å². The van der Waals surface area contributed by atoms with E-state index in [0.29, 0.717) is 10.7 Å². The molecule has 2 atom stereocenters. The zero-order valence-electron chi connectivity index (χ0n) is 12.6. The second-order valence-electron chi connectivity index (χ2n) is 5.81. The largest absolute Gasteiger partial charge is 0.250 e. The van der Waals surface area contributed by atoms with Gasteiger partial charge in [-0.2, -0.15) is 0 Å². The molecule has 22 heavy (non-hydrogen) atoms. The summed E-state index contributed by atoms with van der Waals surface area (Å²) in [6.45, 7) is 5.42. The molecule has 0 amide bonds. The van der Waals surface area contributed by atoms with Crippen molar-refractivity contribution >= 4 is 32.7 Å². The van der Waals surface area contributed by atoms with E-state index < -0.39 is 14.8 Å². The number of aromatic nitrogens is 2. The number of allylic oxidation sites excluding steroid dienone is 3. The summed E-state index contributed by atoms with van der Waals surface area (Å²) >= 11 is 6.07. The molecule has 1 aliphatic carbocycles. The summed E-state index contributed by atoms with van der Waals surface area (Å²) in [6.07, 6.45) is 6.67. The summed E-state index contributed by atoms with van der Waals surface area (Å²) in [6, 6.07) is 5.40. The molecule has 6 heteroatoms. The number of rotatable bonds is 2. The number of hydrogen-bond acceptors (Lipinski definition) is 3. The standard InChI is InChI=1S/C16H17ClN2O2S/c1-11-9-14(17)10-12(2)16(11,3)22(20,21)19-8-6-13-5-4-7-18-15(13)19/h4-11H,1-3H3. The molecule has 1 aliphatic rings. The molecule has 0 aliphatic heterocycles. The Bertz CT molecular complexity index is 911. The van der Waals surface area contributed by atoms with Crippen LogP contribution in [0.5, 0.6) is 0 Å². The third-order valence-corrected chi connectivity index (χ3v) is 7.44. The van der Waals surface area contributed by atoms with Gasteiger partial charge in [0.1, 0.15) is 4.75 Å². The van der Waals surface area contributed by atoms with Gasteiger partial charge in [-0.1, -0.05) is 24.6 Å². The first-order chi connectivity index (χ1) is 10.3. The molecule has 0 saturated carbocycles. The Labute approximate surface area is 135 Å². The fourth-order valence-electron chi connectivity index (χ4n) is 2.93. The maximum Gasteiger partial charge on any atom is 0.250 e. The summed E-state index contributed by atoms with van der Waals surface area (Å²) in [5.41, 5.74) is 1.18. The van der Waals surface area contributed by atoms with Gasteiger partial charge in [0.25, 0.3) is 0 Å². The molecule has 116 valence electrons. The molecule has 0 fully saturated rings. The lowest BCUT2D eigenvalue weighted by Crippen LogP contribution is -2.46. The van der Waals surface area contributed by atoms with Gasteiger partial charge >= 0.3 is 0 Å². The summed E-state index contributed by atoms with van der Waals surface area (Å²) in [4.78, 5) is 4.22. The van der Waals surface area contributed by atoms with Gasteiger partial charge in [-0.3, -0.25) is 0 Å².